The third kappa shape index (κ3) is 6.05. The number of carbonyl (C=O) groups is 2. The summed E-state index contributed by atoms with van der Waals surface area (Å²) >= 11 is 0. The predicted molar refractivity (Wildman–Crippen MR) is 96.5 cm³/mol. The molecule has 0 heterocycles. The van der Waals surface area contributed by atoms with E-state index < -0.39 is 12.1 Å². The van der Waals surface area contributed by atoms with Crippen molar-refractivity contribution in [1.29, 1.82) is 0 Å². The standard InChI is InChI=1S/C19H28N2O4/c1-14(18(23)21-15-8-4-2-3-5-9-15)25-19(24)16-10-6-7-11-17(16)20-12-13-22/h6-7,10-11,14-15,20,22H,2-5,8-9,12-13H2,1H3,(H,21,23)/t14-/m1/s1. The Hall–Kier alpha value is -2.08. The topological polar surface area (TPSA) is 87.7 Å². The summed E-state index contributed by atoms with van der Waals surface area (Å²) in [6.07, 6.45) is 5.82. The fourth-order valence-electron chi connectivity index (χ4n) is 3.03. The Morgan fingerprint density at radius 3 is 2.56 bits per heavy atom. The molecule has 0 bridgehead atoms. The highest BCUT2D eigenvalue weighted by Crippen LogP contribution is 2.19. The fraction of sp³-hybridized carbons (Fsp3) is 0.579. The van der Waals surface area contributed by atoms with Crippen LogP contribution in [0.2, 0.25) is 0 Å². The van der Waals surface area contributed by atoms with Crippen LogP contribution in [-0.2, 0) is 9.53 Å². The molecule has 0 radical (unpaired) electrons. The highest BCUT2D eigenvalue weighted by Gasteiger charge is 2.23. The Morgan fingerprint density at radius 2 is 1.88 bits per heavy atom. The third-order valence-electron chi connectivity index (χ3n) is 4.43. The summed E-state index contributed by atoms with van der Waals surface area (Å²) in [4.78, 5) is 24.7. The second-order valence-electron chi connectivity index (χ2n) is 6.44. The molecule has 0 aromatic heterocycles. The van der Waals surface area contributed by atoms with Gasteiger partial charge >= 0.3 is 5.97 Å². The van der Waals surface area contributed by atoms with Crippen molar-refractivity contribution >= 4 is 17.6 Å². The number of aliphatic hydroxyl groups excluding tert-OH is 1. The number of aliphatic hydroxyl groups is 1. The van der Waals surface area contributed by atoms with Crippen LogP contribution < -0.4 is 10.6 Å². The number of hydrogen-bond acceptors (Lipinski definition) is 5. The first-order chi connectivity index (χ1) is 12.1. The second-order valence-corrected chi connectivity index (χ2v) is 6.44. The molecule has 6 heteroatoms. The van der Waals surface area contributed by atoms with Gasteiger partial charge in [0.05, 0.1) is 12.2 Å². The number of rotatable bonds is 7. The summed E-state index contributed by atoms with van der Waals surface area (Å²) in [6.45, 7) is 1.89. The SMILES string of the molecule is C[C@@H](OC(=O)c1ccccc1NCCO)C(=O)NC1CCCCCC1. The van der Waals surface area contributed by atoms with Crippen molar-refractivity contribution in [2.75, 3.05) is 18.5 Å². The van der Waals surface area contributed by atoms with Crippen LogP contribution in [-0.4, -0.2) is 42.3 Å². The molecule has 0 saturated heterocycles. The summed E-state index contributed by atoms with van der Waals surface area (Å²) in [5.41, 5.74) is 0.933. The first-order valence-corrected chi connectivity index (χ1v) is 9.07. The van der Waals surface area contributed by atoms with Crippen LogP contribution >= 0.6 is 0 Å². The van der Waals surface area contributed by atoms with Gasteiger partial charge in [0.2, 0.25) is 0 Å². The van der Waals surface area contributed by atoms with Crippen LogP contribution in [0.25, 0.3) is 0 Å². The maximum Gasteiger partial charge on any atom is 0.341 e. The number of esters is 1. The van der Waals surface area contributed by atoms with Gasteiger partial charge in [-0.15, -0.1) is 0 Å². The molecule has 138 valence electrons. The van der Waals surface area contributed by atoms with E-state index in [4.69, 9.17) is 9.84 Å². The second kappa shape index (κ2) is 10.0. The number of carbonyl (C=O) groups excluding carboxylic acids is 2. The molecule has 0 spiro atoms. The Morgan fingerprint density at radius 1 is 1.20 bits per heavy atom. The van der Waals surface area contributed by atoms with Crippen LogP contribution in [0.1, 0.15) is 55.8 Å². The van der Waals surface area contributed by atoms with Crippen molar-refractivity contribution in [2.24, 2.45) is 0 Å². The van der Waals surface area contributed by atoms with Crippen molar-refractivity contribution < 1.29 is 19.4 Å². The number of anilines is 1. The normalized spacial score (nSPS) is 16.6. The minimum Gasteiger partial charge on any atom is -0.449 e. The van der Waals surface area contributed by atoms with Gasteiger partial charge in [-0.1, -0.05) is 37.8 Å². The van der Waals surface area contributed by atoms with Gasteiger partial charge in [-0.3, -0.25) is 4.79 Å². The molecule has 1 aliphatic carbocycles. The molecule has 3 N–H and O–H groups in total. The number of para-hydroxylation sites is 1. The molecule has 25 heavy (non-hydrogen) atoms. The highest BCUT2D eigenvalue weighted by atomic mass is 16.5. The van der Waals surface area contributed by atoms with E-state index in [1.54, 1.807) is 31.2 Å². The summed E-state index contributed by atoms with van der Waals surface area (Å²) in [5, 5.41) is 14.9. The average Bonchev–Trinajstić information content (AvgIpc) is 2.88. The summed E-state index contributed by atoms with van der Waals surface area (Å²) in [7, 11) is 0. The van der Waals surface area contributed by atoms with Gasteiger partial charge in [0, 0.05) is 18.3 Å². The third-order valence-corrected chi connectivity index (χ3v) is 4.43. The first-order valence-electron chi connectivity index (χ1n) is 9.07. The van der Waals surface area contributed by atoms with Crippen LogP contribution in [0.15, 0.2) is 24.3 Å². The Balaban J connectivity index is 1.91. The molecule has 1 atom stereocenters. The maximum atomic E-state index is 12.4. The minimum atomic E-state index is -0.846. The van der Waals surface area contributed by atoms with Crippen LogP contribution in [0.5, 0.6) is 0 Å². The van der Waals surface area contributed by atoms with Gasteiger partial charge in [0.25, 0.3) is 5.91 Å². The Kier molecular flexibility index (Phi) is 7.73. The molecule has 6 nitrogen and oxygen atoms in total. The lowest BCUT2D eigenvalue weighted by Crippen LogP contribution is -2.41. The van der Waals surface area contributed by atoms with Gasteiger partial charge < -0.3 is 20.5 Å². The van der Waals surface area contributed by atoms with Crippen molar-refractivity contribution in [3.8, 4) is 0 Å². The summed E-state index contributed by atoms with van der Waals surface area (Å²) in [5.74, 6) is -0.800. The van der Waals surface area contributed by atoms with E-state index in [2.05, 4.69) is 10.6 Å². The molecule has 1 aromatic carbocycles. The quantitative estimate of drug-likeness (QED) is 0.520. The van der Waals surface area contributed by atoms with Crippen LogP contribution in [0.4, 0.5) is 5.69 Å². The minimum absolute atomic E-state index is 0.0381. The fourth-order valence-corrected chi connectivity index (χ4v) is 3.03. The van der Waals surface area contributed by atoms with Crippen LogP contribution in [0, 0.1) is 0 Å². The maximum absolute atomic E-state index is 12.4. The van der Waals surface area contributed by atoms with E-state index >= 15 is 0 Å². The summed E-state index contributed by atoms with van der Waals surface area (Å²) < 4.78 is 5.34. The zero-order valence-corrected chi connectivity index (χ0v) is 14.8. The van der Waals surface area contributed by atoms with Crippen molar-refractivity contribution in [3.05, 3.63) is 29.8 Å². The molecule has 1 saturated carbocycles. The Bertz CT molecular complexity index is 568. The van der Waals surface area contributed by atoms with Crippen molar-refractivity contribution in [3.63, 3.8) is 0 Å². The largest absolute Gasteiger partial charge is 0.449 e. The smallest absolute Gasteiger partial charge is 0.341 e. The molecule has 0 aliphatic heterocycles. The lowest BCUT2D eigenvalue weighted by molar-refractivity contribution is -0.129. The van der Waals surface area contributed by atoms with Crippen LogP contribution in [0.3, 0.4) is 0 Å². The monoisotopic (exact) mass is 348 g/mol. The molecule has 1 fully saturated rings. The van der Waals surface area contributed by atoms with E-state index in [0.717, 1.165) is 25.7 Å². The van der Waals surface area contributed by atoms with E-state index in [1.807, 2.05) is 0 Å². The van der Waals surface area contributed by atoms with Gasteiger partial charge in [0.15, 0.2) is 6.10 Å². The van der Waals surface area contributed by atoms with Gasteiger partial charge in [-0.2, -0.15) is 0 Å². The first kappa shape index (κ1) is 19.2. The van der Waals surface area contributed by atoms with E-state index in [1.165, 1.54) is 12.8 Å². The zero-order valence-electron chi connectivity index (χ0n) is 14.8. The number of ether oxygens (including phenoxy) is 1. The van der Waals surface area contributed by atoms with E-state index in [0.29, 0.717) is 17.8 Å². The van der Waals surface area contributed by atoms with Crippen molar-refractivity contribution in [1.82, 2.24) is 5.32 Å². The van der Waals surface area contributed by atoms with Gasteiger partial charge in [-0.05, 0) is 31.9 Å². The Labute approximate surface area is 149 Å². The zero-order chi connectivity index (χ0) is 18.1. The van der Waals surface area contributed by atoms with Crippen molar-refractivity contribution in [2.45, 2.75) is 57.6 Å². The van der Waals surface area contributed by atoms with E-state index in [9.17, 15) is 9.59 Å². The molecule has 1 aromatic rings. The lowest BCUT2D eigenvalue weighted by Gasteiger charge is -2.20. The van der Waals surface area contributed by atoms with E-state index in [-0.39, 0.29) is 18.6 Å². The number of amides is 1. The average molecular weight is 348 g/mol. The predicted octanol–water partition coefficient (Wildman–Crippen LogP) is 2.48. The molecule has 0 unspecified atom stereocenters. The summed E-state index contributed by atoms with van der Waals surface area (Å²) in [6, 6.07) is 7.07. The number of nitrogens with one attached hydrogen (secondary N) is 2. The van der Waals surface area contributed by atoms with Gasteiger partial charge in [0.1, 0.15) is 0 Å². The number of benzene rings is 1. The highest BCUT2D eigenvalue weighted by molar-refractivity contribution is 5.97. The molecule has 1 aliphatic rings. The molecular formula is C19H28N2O4. The number of hydrogen-bond donors (Lipinski definition) is 3. The molecule has 2 rings (SSSR count). The molecular weight excluding hydrogens is 320 g/mol. The van der Waals surface area contributed by atoms with Gasteiger partial charge in [-0.25, -0.2) is 4.79 Å². The molecule has 1 amide bonds. The lowest BCUT2D eigenvalue weighted by atomic mass is 10.1.